The van der Waals surface area contributed by atoms with Gasteiger partial charge >= 0.3 is 0 Å². The van der Waals surface area contributed by atoms with Gasteiger partial charge in [-0.05, 0) is 25.0 Å². The smallest absolute Gasteiger partial charge is 0.291 e. The lowest BCUT2D eigenvalue weighted by Crippen LogP contribution is -2.41. The topological polar surface area (TPSA) is 71.8 Å². The van der Waals surface area contributed by atoms with Crippen LogP contribution in [0.4, 0.5) is 5.69 Å². The van der Waals surface area contributed by atoms with E-state index in [1.165, 1.54) is 0 Å². The summed E-state index contributed by atoms with van der Waals surface area (Å²) in [6, 6.07) is 7.40. The molecule has 1 aliphatic carbocycles. The Hall–Kier alpha value is -2.34. The summed E-state index contributed by atoms with van der Waals surface area (Å²) in [4.78, 5) is 26.9. The molecule has 1 saturated heterocycles. The van der Waals surface area contributed by atoms with E-state index in [1.54, 1.807) is 4.90 Å². The van der Waals surface area contributed by atoms with Crippen molar-refractivity contribution in [2.75, 3.05) is 31.6 Å². The Balaban J connectivity index is 1.69. The molecule has 1 saturated carbocycles. The second kappa shape index (κ2) is 6.28. The molecule has 2 aromatic rings. The van der Waals surface area contributed by atoms with Gasteiger partial charge in [-0.1, -0.05) is 18.6 Å². The Bertz CT molecular complexity index is 772. The lowest BCUT2D eigenvalue weighted by molar-refractivity contribution is -0.122. The Morgan fingerprint density at radius 2 is 1.88 bits per heavy atom. The standard InChI is InChI=1S/C18H20N2O4/c21-17(12-4-3-5-12)19-15-13-6-1-2-7-14(13)24-16(15)18(22)20-8-10-23-11-9-20/h1-2,6-7,12H,3-5,8-11H2,(H,19,21). The molecule has 0 bridgehead atoms. The highest BCUT2D eigenvalue weighted by Crippen LogP contribution is 2.34. The third-order valence-electron chi connectivity index (χ3n) is 4.81. The van der Waals surface area contributed by atoms with E-state index in [0.717, 1.165) is 24.6 Å². The van der Waals surface area contributed by atoms with Crippen LogP contribution in [0.1, 0.15) is 29.8 Å². The maximum absolute atomic E-state index is 12.9. The van der Waals surface area contributed by atoms with Crippen LogP contribution in [0.2, 0.25) is 0 Å². The second-order valence-corrected chi connectivity index (χ2v) is 6.32. The number of nitrogens with one attached hydrogen (secondary N) is 1. The van der Waals surface area contributed by atoms with E-state index < -0.39 is 0 Å². The first-order valence-corrected chi connectivity index (χ1v) is 8.43. The van der Waals surface area contributed by atoms with Gasteiger partial charge < -0.3 is 19.4 Å². The van der Waals surface area contributed by atoms with Crippen LogP contribution in [0.5, 0.6) is 0 Å². The molecule has 1 N–H and O–H groups in total. The second-order valence-electron chi connectivity index (χ2n) is 6.32. The molecular formula is C18H20N2O4. The van der Waals surface area contributed by atoms with E-state index in [2.05, 4.69) is 5.32 Å². The highest BCUT2D eigenvalue weighted by Gasteiger charge is 2.30. The fourth-order valence-electron chi connectivity index (χ4n) is 3.13. The van der Waals surface area contributed by atoms with Gasteiger partial charge in [-0.3, -0.25) is 9.59 Å². The average molecular weight is 328 g/mol. The predicted molar refractivity (Wildman–Crippen MR) is 88.9 cm³/mol. The van der Waals surface area contributed by atoms with Gasteiger partial charge in [0.25, 0.3) is 5.91 Å². The van der Waals surface area contributed by atoms with Gasteiger partial charge in [-0.15, -0.1) is 0 Å². The van der Waals surface area contributed by atoms with Crippen molar-refractivity contribution in [2.45, 2.75) is 19.3 Å². The largest absolute Gasteiger partial charge is 0.449 e. The number of benzene rings is 1. The summed E-state index contributed by atoms with van der Waals surface area (Å²) < 4.78 is 11.1. The van der Waals surface area contributed by atoms with Crippen LogP contribution in [-0.4, -0.2) is 43.0 Å². The van der Waals surface area contributed by atoms with Crippen molar-refractivity contribution in [2.24, 2.45) is 5.92 Å². The highest BCUT2D eigenvalue weighted by molar-refractivity contribution is 6.11. The number of amides is 2. The number of furan rings is 1. The minimum absolute atomic E-state index is 0.0242. The molecule has 1 aromatic carbocycles. The number of rotatable bonds is 3. The van der Waals surface area contributed by atoms with E-state index in [9.17, 15) is 9.59 Å². The minimum Gasteiger partial charge on any atom is -0.449 e. The van der Waals surface area contributed by atoms with Crippen LogP contribution >= 0.6 is 0 Å². The third-order valence-corrected chi connectivity index (χ3v) is 4.81. The molecule has 2 heterocycles. The number of carbonyl (C=O) groups is 2. The zero-order chi connectivity index (χ0) is 16.5. The van der Waals surface area contributed by atoms with Gasteiger partial charge in [0.1, 0.15) is 11.3 Å². The molecule has 6 nitrogen and oxygen atoms in total. The van der Waals surface area contributed by atoms with Gasteiger partial charge in [0.05, 0.1) is 13.2 Å². The zero-order valence-electron chi connectivity index (χ0n) is 13.4. The number of carbonyl (C=O) groups excluding carboxylic acids is 2. The van der Waals surface area contributed by atoms with E-state index >= 15 is 0 Å². The maximum Gasteiger partial charge on any atom is 0.291 e. The highest BCUT2D eigenvalue weighted by atomic mass is 16.5. The van der Waals surface area contributed by atoms with Crippen LogP contribution in [-0.2, 0) is 9.53 Å². The van der Waals surface area contributed by atoms with E-state index in [1.807, 2.05) is 24.3 Å². The quantitative estimate of drug-likeness (QED) is 0.940. The van der Waals surface area contributed by atoms with Crippen molar-refractivity contribution in [1.29, 1.82) is 0 Å². The molecular weight excluding hydrogens is 308 g/mol. The summed E-state index contributed by atoms with van der Waals surface area (Å²) >= 11 is 0. The molecule has 6 heteroatoms. The fraction of sp³-hybridized carbons (Fsp3) is 0.444. The molecule has 126 valence electrons. The number of anilines is 1. The molecule has 0 atom stereocenters. The minimum atomic E-state index is -0.196. The maximum atomic E-state index is 12.9. The molecule has 0 radical (unpaired) electrons. The molecule has 0 spiro atoms. The monoisotopic (exact) mass is 328 g/mol. The number of ether oxygens (including phenoxy) is 1. The first-order valence-electron chi connectivity index (χ1n) is 8.43. The van der Waals surface area contributed by atoms with E-state index in [0.29, 0.717) is 37.6 Å². The van der Waals surface area contributed by atoms with Gasteiger partial charge in [0.15, 0.2) is 0 Å². The van der Waals surface area contributed by atoms with Gasteiger partial charge in [-0.2, -0.15) is 0 Å². The molecule has 0 unspecified atom stereocenters. The first-order chi connectivity index (χ1) is 11.7. The normalized spacial score (nSPS) is 18.4. The zero-order valence-corrected chi connectivity index (χ0v) is 13.4. The van der Waals surface area contributed by atoms with Gasteiger partial charge in [-0.25, -0.2) is 0 Å². The van der Waals surface area contributed by atoms with Crippen LogP contribution in [0.15, 0.2) is 28.7 Å². The third kappa shape index (κ3) is 2.67. The van der Waals surface area contributed by atoms with E-state index in [4.69, 9.17) is 9.15 Å². The van der Waals surface area contributed by atoms with Crippen molar-refractivity contribution in [3.05, 3.63) is 30.0 Å². The van der Waals surface area contributed by atoms with Crippen molar-refractivity contribution in [1.82, 2.24) is 4.90 Å². The summed E-state index contributed by atoms with van der Waals surface area (Å²) in [6.07, 6.45) is 2.91. The van der Waals surface area contributed by atoms with Crippen molar-refractivity contribution in [3.63, 3.8) is 0 Å². The van der Waals surface area contributed by atoms with Crippen LogP contribution in [0.3, 0.4) is 0 Å². The number of hydrogen-bond acceptors (Lipinski definition) is 4. The molecule has 1 aliphatic heterocycles. The van der Waals surface area contributed by atoms with Crippen molar-refractivity contribution < 1.29 is 18.7 Å². The Kier molecular flexibility index (Phi) is 3.98. The summed E-state index contributed by atoms with van der Waals surface area (Å²) in [7, 11) is 0. The molecule has 2 fully saturated rings. The molecule has 2 aliphatic rings. The number of fused-ring (bicyclic) bond motifs is 1. The Labute approximate surface area is 139 Å². The molecule has 2 amide bonds. The molecule has 1 aromatic heterocycles. The lowest BCUT2D eigenvalue weighted by Gasteiger charge is -2.27. The van der Waals surface area contributed by atoms with Crippen molar-refractivity contribution >= 4 is 28.5 Å². The molecule has 4 rings (SSSR count). The first kappa shape index (κ1) is 15.2. The summed E-state index contributed by atoms with van der Waals surface area (Å²) in [5, 5.41) is 3.71. The Morgan fingerprint density at radius 1 is 1.12 bits per heavy atom. The van der Waals surface area contributed by atoms with Crippen LogP contribution in [0, 0.1) is 5.92 Å². The number of para-hydroxylation sites is 1. The Morgan fingerprint density at radius 3 is 2.58 bits per heavy atom. The number of morpholine rings is 1. The van der Waals surface area contributed by atoms with Crippen molar-refractivity contribution in [3.8, 4) is 0 Å². The average Bonchev–Trinajstić information content (AvgIpc) is 2.92. The molecule has 24 heavy (non-hydrogen) atoms. The van der Waals surface area contributed by atoms with Gasteiger partial charge in [0.2, 0.25) is 11.7 Å². The SMILES string of the molecule is O=C(Nc1c(C(=O)N2CCOCC2)oc2ccccc12)C1CCC1. The van der Waals surface area contributed by atoms with E-state index in [-0.39, 0.29) is 23.5 Å². The summed E-state index contributed by atoms with van der Waals surface area (Å²) in [6.45, 7) is 2.11. The van der Waals surface area contributed by atoms with Crippen LogP contribution < -0.4 is 5.32 Å². The number of hydrogen-bond donors (Lipinski definition) is 1. The fourth-order valence-corrected chi connectivity index (χ4v) is 3.13. The summed E-state index contributed by atoms with van der Waals surface area (Å²) in [5.41, 5.74) is 1.11. The van der Waals surface area contributed by atoms with Crippen LogP contribution in [0.25, 0.3) is 11.0 Å². The predicted octanol–water partition coefficient (Wildman–Crippen LogP) is 2.64. The summed E-state index contributed by atoms with van der Waals surface area (Å²) in [5.74, 6) is 0.0398. The van der Waals surface area contributed by atoms with Gasteiger partial charge in [0, 0.05) is 24.4 Å². The number of nitrogens with zero attached hydrogens (tertiary/aromatic N) is 1. The lowest BCUT2D eigenvalue weighted by atomic mass is 9.85.